The molecule has 0 saturated heterocycles. The highest BCUT2D eigenvalue weighted by atomic mass is 127. The van der Waals surface area contributed by atoms with Gasteiger partial charge in [0, 0.05) is 31.6 Å². The molecule has 0 amide bonds. The van der Waals surface area contributed by atoms with Crippen LogP contribution in [0.1, 0.15) is 18.2 Å². The van der Waals surface area contributed by atoms with Gasteiger partial charge in [-0.1, -0.05) is 6.07 Å². The molecular weight excluding hydrogens is 376 g/mol. The Hall–Kier alpha value is -0.370. The van der Waals surface area contributed by atoms with E-state index in [4.69, 9.17) is 0 Å². The number of guanidine groups is 1. The van der Waals surface area contributed by atoms with E-state index < -0.39 is 0 Å². The summed E-state index contributed by atoms with van der Waals surface area (Å²) in [6.45, 7) is 4.03. The van der Waals surface area contributed by atoms with Crippen molar-refractivity contribution in [3.05, 3.63) is 22.4 Å². The number of nitrogens with zero attached hydrogens (tertiary/aromatic N) is 2. The van der Waals surface area contributed by atoms with Gasteiger partial charge >= 0.3 is 0 Å². The van der Waals surface area contributed by atoms with Crippen LogP contribution in [0.4, 0.5) is 4.39 Å². The molecule has 0 aliphatic heterocycles. The lowest BCUT2D eigenvalue weighted by Gasteiger charge is -2.21. The Morgan fingerprint density at radius 2 is 2.32 bits per heavy atom. The van der Waals surface area contributed by atoms with E-state index in [1.54, 1.807) is 11.3 Å². The summed E-state index contributed by atoms with van der Waals surface area (Å²) in [5.74, 6) is 0.863. The van der Waals surface area contributed by atoms with E-state index >= 15 is 0 Å². The lowest BCUT2D eigenvalue weighted by atomic mass is 10.3. The van der Waals surface area contributed by atoms with Gasteiger partial charge in [0.1, 0.15) is 0 Å². The fourth-order valence-electron chi connectivity index (χ4n) is 1.55. The van der Waals surface area contributed by atoms with E-state index in [9.17, 15) is 4.39 Å². The number of hydrogen-bond donors (Lipinski definition) is 1. The highest BCUT2D eigenvalue weighted by molar-refractivity contribution is 14.0. The van der Waals surface area contributed by atoms with Crippen LogP contribution >= 0.6 is 35.3 Å². The van der Waals surface area contributed by atoms with E-state index in [0.29, 0.717) is 13.0 Å². The number of halogens is 2. The second-order valence-electron chi connectivity index (χ2n) is 4.03. The molecule has 0 fully saturated rings. The summed E-state index contributed by atoms with van der Waals surface area (Å²) in [4.78, 5) is 7.87. The fraction of sp³-hybridized carbons (Fsp3) is 0.615. The molecule has 6 heteroatoms. The third-order valence-electron chi connectivity index (χ3n) is 2.52. The van der Waals surface area contributed by atoms with Crippen LogP contribution in [0.15, 0.2) is 22.5 Å². The smallest absolute Gasteiger partial charge is 0.193 e. The van der Waals surface area contributed by atoms with E-state index in [2.05, 4.69) is 32.7 Å². The normalized spacial score (nSPS) is 11.0. The molecule has 1 aromatic rings. The largest absolute Gasteiger partial charge is 0.357 e. The molecule has 0 aliphatic rings. The highest BCUT2D eigenvalue weighted by Gasteiger charge is 2.05. The maximum absolute atomic E-state index is 12.1. The molecule has 0 bridgehead atoms. The van der Waals surface area contributed by atoms with Crippen molar-refractivity contribution in [1.82, 2.24) is 10.2 Å². The summed E-state index contributed by atoms with van der Waals surface area (Å²) in [6.07, 6.45) is 1.51. The van der Waals surface area contributed by atoms with Crippen LogP contribution in [0, 0.1) is 0 Å². The summed E-state index contributed by atoms with van der Waals surface area (Å²) < 4.78 is 12.1. The van der Waals surface area contributed by atoms with Crippen LogP contribution in [0.3, 0.4) is 0 Å². The van der Waals surface area contributed by atoms with Gasteiger partial charge in [-0.2, -0.15) is 0 Å². The van der Waals surface area contributed by atoms with Crippen LogP contribution in [0.2, 0.25) is 0 Å². The van der Waals surface area contributed by atoms with Crippen molar-refractivity contribution in [3.8, 4) is 0 Å². The summed E-state index contributed by atoms with van der Waals surface area (Å²) in [6, 6.07) is 4.21. The van der Waals surface area contributed by atoms with Crippen LogP contribution in [-0.4, -0.2) is 44.2 Å². The molecule has 0 spiro atoms. The third-order valence-corrected chi connectivity index (χ3v) is 3.46. The van der Waals surface area contributed by atoms with E-state index in [1.165, 1.54) is 4.88 Å². The predicted molar refractivity (Wildman–Crippen MR) is 92.6 cm³/mol. The van der Waals surface area contributed by atoms with Gasteiger partial charge in [-0.25, -0.2) is 0 Å². The summed E-state index contributed by atoms with van der Waals surface area (Å²) in [5, 5.41) is 5.32. The molecule has 0 aromatic carbocycles. The van der Waals surface area contributed by atoms with Crippen molar-refractivity contribution in [2.45, 2.75) is 19.8 Å². The van der Waals surface area contributed by atoms with Crippen LogP contribution in [0.25, 0.3) is 0 Å². The van der Waals surface area contributed by atoms with Gasteiger partial charge < -0.3 is 10.2 Å². The van der Waals surface area contributed by atoms with E-state index in [0.717, 1.165) is 25.5 Å². The van der Waals surface area contributed by atoms with Crippen LogP contribution in [0.5, 0.6) is 0 Å². The molecule has 0 unspecified atom stereocenters. The Kier molecular flexibility index (Phi) is 11.2. The average Bonchev–Trinajstić information content (AvgIpc) is 2.88. The highest BCUT2D eigenvalue weighted by Crippen LogP contribution is 2.09. The van der Waals surface area contributed by atoms with Crippen molar-refractivity contribution in [2.24, 2.45) is 4.99 Å². The fourth-order valence-corrected chi connectivity index (χ4v) is 2.25. The number of aliphatic imine (C=N–C) groups is 1. The first kappa shape index (κ1) is 18.6. The maximum Gasteiger partial charge on any atom is 0.193 e. The second kappa shape index (κ2) is 11.5. The zero-order valence-electron chi connectivity index (χ0n) is 11.6. The maximum atomic E-state index is 12.1. The summed E-state index contributed by atoms with van der Waals surface area (Å²) in [5.41, 5.74) is 0. The van der Waals surface area contributed by atoms with Crippen LogP contribution in [-0.2, 0) is 6.42 Å². The molecule has 19 heavy (non-hydrogen) atoms. The zero-order valence-corrected chi connectivity index (χ0v) is 14.7. The second-order valence-corrected chi connectivity index (χ2v) is 5.06. The zero-order chi connectivity index (χ0) is 13.2. The van der Waals surface area contributed by atoms with Gasteiger partial charge in [0.25, 0.3) is 0 Å². The quantitative estimate of drug-likeness (QED) is 0.330. The van der Waals surface area contributed by atoms with Gasteiger partial charge in [0.2, 0.25) is 0 Å². The van der Waals surface area contributed by atoms with Gasteiger partial charge in [-0.05, 0) is 31.2 Å². The minimum atomic E-state index is -0.304. The van der Waals surface area contributed by atoms with Crippen LogP contribution < -0.4 is 5.32 Å². The first-order chi connectivity index (χ1) is 8.77. The van der Waals surface area contributed by atoms with Crippen molar-refractivity contribution in [1.29, 1.82) is 0 Å². The number of nitrogens with one attached hydrogen (secondary N) is 1. The van der Waals surface area contributed by atoms with Crippen molar-refractivity contribution >= 4 is 41.3 Å². The number of likely N-dealkylation sites (N-methyl/N-ethyl adjacent to an activating group) is 1. The Balaban J connectivity index is 0.00000324. The van der Waals surface area contributed by atoms with Gasteiger partial charge in [-0.3, -0.25) is 9.38 Å². The molecule has 110 valence electrons. The molecule has 0 aliphatic carbocycles. The lowest BCUT2D eigenvalue weighted by molar-refractivity contribution is 0.467. The third kappa shape index (κ3) is 7.71. The molecule has 1 rings (SSSR count). The van der Waals surface area contributed by atoms with Crippen molar-refractivity contribution in [2.75, 3.05) is 33.4 Å². The minimum Gasteiger partial charge on any atom is -0.357 e. The first-order valence-corrected chi connectivity index (χ1v) is 7.23. The Morgan fingerprint density at radius 1 is 1.53 bits per heavy atom. The van der Waals surface area contributed by atoms with E-state index in [-0.39, 0.29) is 30.7 Å². The SMILES string of the molecule is CCNC(=NCCCF)N(C)CCc1cccs1.I. The van der Waals surface area contributed by atoms with Crippen molar-refractivity contribution in [3.63, 3.8) is 0 Å². The Bertz CT molecular complexity index is 344. The molecule has 1 heterocycles. The predicted octanol–water partition coefficient (Wildman–Crippen LogP) is 3.17. The summed E-state index contributed by atoms with van der Waals surface area (Å²) >= 11 is 1.77. The number of alkyl halides is 1. The summed E-state index contributed by atoms with van der Waals surface area (Å²) in [7, 11) is 2.02. The van der Waals surface area contributed by atoms with Gasteiger partial charge in [0.05, 0.1) is 6.67 Å². The monoisotopic (exact) mass is 399 g/mol. The molecular formula is C13H23FIN3S. The Labute approximate surface area is 136 Å². The molecule has 1 N–H and O–H groups in total. The lowest BCUT2D eigenvalue weighted by Crippen LogP contribution is -2.40. The number of hydrogen-bond acceptors (Lipinski definition) is 2. The number of thiophene rings is 1. The van der Waals surface area contributed by atoms with Crippen molar-refractivity contribution < 1.29 is 4.39 Å². The van der Waals surface area contributed by atoms with Gasteiger partial charge in [0.15, 0.2) is 5.96 Å². The molecule has 0 radical (unpaired) electrons. The van der Waals surface area contributed by atoms with E-state index in [1.807, 2.05) is 14.0 Å². The molecule has 0 saturated carbocycles. The molecule has 0 atom stereocenters. The topological polar surface area (TPSA) is 27.6 Å². The minimum absolute atomic E-state index is 0. The standard InChI is InChI=1S/C13H22FN3S.HI/c1-3-15-13(16-9-5-8-14)17(2)10-7-12-6-4-11-18-12;/h4,6,11H,3,5,7-10H2,1-2H3,(H,15,16);1H. The molecule has 1 aromatic heterocycles. The average molecular weight is 399 g/mol. The molecule has 3 nitrogen and oxygen atoms in total. The van der Waals surface area contributed by atoms with Gasteiger partial charge in [-0.15, -0.1) is 35.3 Å². The first-order valence-electron chi connectivity index (χ1n) is 6.35. The number of rotatable bonds is 7. The Morgan fingerprint density at radius 3 is 2.89 bits per heavy atom.